The van der Waals surface area contributed by atoms with Crippen LogP contribution in [-0.4, -0.2) is 139 Å². The smallest absolute Gasteiger partial charge is 0.142 e. The van der Waals surface area contributed by atoms with Crippen LogP contribution in [0.15, 0.2) is 24.3 Å². The second-order valence-electron chi connectivity index (χ2n) is 11.0. The van der Waals surface area contributed by atoms with Crippen LogP contribution in [0.2, 0.25) is 0 Å². The number of ether oxygens (including phenoxy) is 11. The summed E-state index contributed by atoms with van der Waals surface area (Å²) in [5.41, 5.74) is 6.44. The van der Waals surface area contributed by atoms with Crippen molar-refractivity contribution in [2.24, 2.45) is 0 Å². The maximum absolute atomic E-state index is 5.82. The average Bonchev–Trinajstić information content (AvgIpc) is 3.10. The standard InChI is InChI=1S/C36H67NO11/c1-2-3-4-5-6-7-8-11-14-38-15-16-39-17-18-40-19-20-41-21-22-42-23-24-43-25-26-44-27-28-45-29-30-46-31-32-47-33-34-48-36-13-10-9-12-35(36)37/h9-10,12-13H,2-8,11,14-34,37H2,1H3. The summed E-state index contributed by atoms with van der Waals surface area (Å²) in [6.07, 6.45) is 10.5. The summed E-state index contributed by atoms with van der Waals surface area (Å²) in [7, 11) is 0. The van der Waals surface area contributed by atoms with E-state index in [0.29, 0.717) is 144 Å². The zero-order chi connectivity index (χ0) is 34.3. The molecule has 0 saturated carbocycles. The SMILES string of the molecule is CCCCCCCCCCOCCOCCOCCOCCOCCOCCOCCOCCOCCOCCOc1ccccc1N. The van der Waals surface area contributed by atoms with Crippen LogP contribution < -0.4 is 10.5 Å². The monoisotopic (exact) mass is 689 g/mol. The van der Waals surface area contributed by atoms with Crippen molar-refractivity contribution in [2.75, 3.05) is 144 Å². The molecule has 0 saturated heterocycles. The lowest BCUT2D eigenvalue weighted by Crippen LogP contribution is -2.15. The van der Waals surface area contributed by atoms with Gasteiger partial charge in [0.05, 0.1) is 131 Å². The molecule has 12 nitrogen and oxygen atoms in total. The Bertz CT molecular complexity index is 762. The largest absolute Gasteiger partial charge is 0.489 e. The van der Waals surface area contributed by atoms with Crippen molar-refractivity contribution >= 4 is 5.69 Å². The summed E-state index contributed by atoms with van der Waals surface area (Å²) >= 11 is 0. The molecule has 12 heteroatoms. The van der Waals surface area contributed by atoms with Gasteiger partial charge >= 0.3 is 0 Å². The predicted octanol–water partition coefficient (Wildman–Crippen LogP) is 4.95. The molecule has 1 aromatic carbocycles. The third-order valence-corrected chi connectivity index (χ3v) is 6.89. The number of nitrogens with two attached hydrogens (primary N) is 1. The van der Waals surface area contributed by atoms with Crippen LogP contribution in [0.4, 0.5) is 5.69 Å². The molecule has 0 aliphatic carbocycles. The summed E-state index contributed by atoms with van der Waals surface area (Å²) in [5, 5.41) is 0. The zero-order valence-corrected chi connectivity index (χ0v) is 29.9. The van der Waals surface area contributed by atoms with E-state index in [4.69, 9.17) is 57.8 Å². The molecule has 0 heterocycles. The Labute approximate surface area is 290 Å². The zero-order valence-electron chi connectivity index (χ0n) is 29.9. The highest BCUT2D eigenvalue weighted by Gasteiger charge is 1.99. The van der Waals surface area contributed by atoms with Crippen molar-refractivity contribution in [3.8, 4) is 5.75 Å². The van der Waals surface area contributed by atoms with Crippen molar-refractivity contribution in [3.63, 3.8) is 0 Å². The topological polar surface area (TPSA) is 128 Å². The fraction of sp³-hybridized carbons (Fsp3) is 0.833. The maximum Gasteiger partial charge on any atom is 0.142 e. The first-order chi connectivity index (χ1) is 23.8. The summed E-state index contributed by atoms with van der Waals surface area (Å²) in [5.74, 6) is 0.671. The normalized spacial score (nSPS) is 11.4. The van der Waals surface area contributed by atoms with Gasteiger partial charge in [0, 0.05) is 6.61 Å². The average molecular weight is 690 g/mol. The van der Waals surface area contributed by atoms with Crippen LogP contribution in [0.5, 0.6) is 5.75 Å². The van der Waals surface area contributed by atoms with Gasteiger partial charge in [0.2, 0.25) is 0 Å². The molecule has 0 fully saturated rings. The minimum Gasteiger partial charge on any atom is -0.489 e. The summed E-state index contributed by atoms with van der Waals surface area (Å²) in [4.78, 5) is 0. The van der Waals surface area contributed by atoms with Gasteiger partial charge in [-0.3, -0.25) is 0 Å². The van der Waals surface area contributed by atoms with Crippen LogP contribution in [-0.2, 0) is 47.4 Å². The molecular weight excluding hydrogens is 622 g/mol. The van der Waals surface area contributed by atoms with Crippen molar-refractivity contribution in [1.82, 2.24) is 0 Å². The number of benzene rings is 1. The summed E-state index contributed by atoms with van der Waals surface area (Å²) < 4.78 is 60.7. The minimum absolute atomic E-state index is 0.441. The molecule has 1 rings (SSSR count). The highest BCUT2D eigenvalue weighted by molar-refractivity contribution is 5.51. The lowest BCUT2D eigenvalue weighted by molar-refractivity contribution is -0.0267. The molecule has 48 heavy (non-hydrogen) atoms. The van der Waals surface area contributed by atoms with Crippen molar-refractivity contribution in [3.05, 3.63) is 24.3 Å². The summed E-state index contributed by atoms with van der Waals surface area (Å²) in [6, 6.07) is 7.39. The number of unbranched alkanes of at least 4 members (excludes halogenated alkanes) is 7. The number of hydrogen-bond acceptors (Lipinski definition) is 12. The molecule has 0 amide bonds. The third kappa shape index (κ3) is 32.9. The van der Waals surface area contributed by atoms with E-state index in [0.717, 1.165) is 13.0 Å². The van der Waals surface area contributed by atoms with Gasteiger partial charge in [0.1, 0.15) is 12.4 Å². The predicted molar refractivity (Wildman–Crippen MR) is 187 cm³/mol. The molecular formula is C36H67NO11. The molecule has 0 aliphatic heterocycles. The second-order valence-corrected chi connectivity index (χ2v) is 11.0. The van der Waals surface area contributed by atoms with Gasteiger partial charge in [-0.1, -0.05) is 64.0 Å². The van der Waals surface area contributed by atoms with Gasteiger partial charge in [-0.25, -0.2) is 0 Å². The molecule has 1 aromatic rings. The molecule has 2 N–H and O–H groups in total. The van der Waals surface area contributed by atoms with Crippen LogP contribution >= 0.6 is 0 Å². The molecule has 0 aromatic heterocycles. The van der Waals surface area contributed by atoms with Gasteiger partial charge in [0.25, 0.3) is 0 Å². The van der Waals surface area contributed by atoms with Crippen LogP contribution in [0.25, 0.3) is 0 Å². The van der Waals surface area contributed by atoms with E-state index in [-0.39, 0.29) is 0 Å². The Morgan fingerprint density at radius 3 is 1.00 bits per heavy atom. The Balaban J connectivity index is 1.62. The number of hydrogen-bond donors (Lipinski definition) is 1. The Kier molecular flexibility index (Phi) is 35.4. The van der Waals surface area contributed by atoms with Crippen molar-refractivity contribution in [2.45, 2.75) is 58.3 Å². The lowest BCUT2D eigenvalue weighted by atomic mass is 10.1. The molecule has 0 atom stereocenters. The first-order valence-corrected chi connectivity index (χ1v) is 18.1. The first-order valence-electron chi connectivity index (χ1n) is 18.1. The molecule has 0 bridgehead atoms. The highest BCUT2D eigenvalue weighted by atomic mass is 16.6. The van der Waals surface area contributed by atoms with Crippen molar-refractivity contribution < 1.29 is 52.1 Å². The van der Waals surface area contributed by atoms with E-state index < -0.39 is 0 Å². The molecule has 0 aliphatic rings. The van der Waals surface area contributed by atoms with Gasteiger partial charge in [-0.05, 0) is 18.6 Å². The first kappa shape index (κ1) is 44.4. The van der Waals surface area contributed by atoms with E-state index >= 15 is 0 Å². The van der Waals surface area contributed by atoms with Crippen LogP contribution in [0, 0.1) is 0 Å². The van der Waals surface area contributed by atoms with Gasteiger partial charge in [-0.2, -0.15) is 0 Å². The van der Waals surface area contributed by atoms with E-state index in [2.05, 4.69) is 6.92 Å². The highest BCUT2D eigenvalue weighted by Crippen LogP contribution is 2.19. The number of nitrogen functional groups attached to an aromatic ring is 1. The quantitative estimate of drug-likeness (QED) is 0.0740. The summed E-state index contributed by atoms with van der Waals surface area (Å²) in [6.45, 7) is 13.6. The Hall–Kier alpha value is -1.58. The van der Waals surface area contributed by atoms with Gasteiger partial charge in [-0.15, -0.1) is 0 Å². The number of rotatable bonds is 40. The molecule has 282 valence electrons. The molecule has 0 radical (unpaired) electrons. The van der Waals surface area contributed by atoms with Crippen LogP contribution in [0.1, 0.15) is 58.3 Å². The van der Waals surface area contributed by atoms with E-state index in [1.165, 1.54) is 44.9 Å². The molecule has 0 unspecified atom stereocenters. The van der Waals surface area contributed by atoms with Crippen LogP contribution in [0.3, 0.4) is 0 Å². The number of para-hydroxylation sites is 2. The van der Waals surface area contributed by atoms with E-state index in [1.54, 1.807) is 6.07 Å². The second kappa shape index (κ2) is 38.2. The number of anilines is 1. The fourth-order valence-corrected chi connectivity index (χ4v) is 4.24. The Morgan fingerprint density at radius 2 is 0.646 bits per heavy atom. The van der Waals surface area contributed by atoms with Gasteiger partial charge in [0.15, 0.2) is 0 Å². The lowest BCUT2D eigenvalue weighted by Gasteiger charge is -2.09. The molecule has 0 spiro atoms. The van der Waals surface area contributed by atoms with E-state index in [9.17, 15) is 0 Å². The fourth-order valence-electron chi connectivity index (χ4n) is 4.24. The Morgan fingerprint density at radius 1 is 0.354 bits per heavy atom. The van der Waals surface area contributed by atoms with Gasteiger partial charge < -0.3 is 57.8 Å². The van der Waals surface area contributed by atoms with Crippen molar-refractivity contribution in [1.29, 1.82) is 0 Å². The van der Waals surface area contributed by atoms with E-state index in [1.807, 2.05) is 18.2 Å². The third-order valence-electron chi connectivity index (χ3n) is 6.89. The minimum atomic E-state index is 0.441. The maximum atomic E-state index is 5.82.